The van der Waals surface area contributed by atoms with Crippen LogP contribution in [-0.2, 0) is 25.9 Å². The normalized spacial score (nSPS) is 11.1. The zero-order valence-corrected chi connectivity index (χ0v) is 17.8. The van der Waals surface area contributed by atoms with Crippen LogP contribution in [-0.4, -0.2) is 34.6 Å². The van der Waals surface area contributed by atoms with E-state index < -0.39 is 22.0 Å². The lowest BCUT2D eigenvalue weighted by Gasteiger charge is -2.09. The molecule has 0 saturated carbocycles. The summed E-state index contributed by atoms with van der Waals surface area (Å²) >= 11 is 0.677. The van der Waals surface area contributed by atoms with Gasteiger partial charge in [-0.1, -0.05) is 25.5 Å². The summed E-state index contributed by atoms with van der Waals surface area (Å²) in [5.74, 6) is -1.55. The number of hydrogen-bond donors (Lipinski definition) is 1. The molecule has 2 rings (SSSR count). The Hall–Kier alpha value is -2.39. The molecule has 1 aromatic carbocycles. The van der Waals surface area contributed by atoms with Crippen molar-refractivity contribution in [3.8, 4) is 0 Å². The fourth-order valence-corrected chi connectivity index (χ4v) is 5.43. The van der Waals surface area contributed by atoms with Gasteiger partial charge in [0.05, 0.1) is 19.8 Å². The van der Waals surface area contributed by atoms with Crippen molar-refractivity contribution in [1.29, 1.82) is 0 Å². The Labute approximate surface area is 168 Å². The number of anilines is 1. The van der Waals surface area contributed by atoms with E-state index in [-0.39, 0.29) is 20.2 Å². The Morgan fingerprint density at radius 3 is 2.21 bits per heavy atom. The van der Waals surface area contributed by atoms with Gasteiger partial charge in [-0.25, -0.2) is 18.0 Å². The SMILES string of the molecule is CCCCc1ccc(NS(=O)(=O)c2sc(C(=O)OC)c(C)c2C(=O)OC)cc1. The van der Waals surface area contributed by atoms with E-state index >= 15 is 0 Å². The van der Waals surface area contributed by atoms with E-state index in [1.807, 2.05) is 12.1 Å². The van der Waals surface area contributed by atoms with Gasteiger partial charge < -0.3 is 9.47 Å². The monoisotopic (exact) mass is 425 g/mol. The van der Waals surface area contributed by atoms with Crippen molar-refractivity contribution >= 4 is 39.0 Å². The minimum Gasteiger partial charge on any atom is -0.465 e. The van der Waals surface area contributed by atoms with Crippen LogP contribution in [0.2, 0.25) is 0 Å². The summed E-state index contributed by atoms with van der Waals surface area (Å²) in [6.45, 7) is 3.59. The number of carbonyl (C=O) groups is 2. The number of methoxy groups -OCH3 is 2. The Kier molecular flexibility index (Phi) is 7.20. The molecule has 2 aromatic rings. The minimum absolute atomic E-state index is 0.0400. The number of hydrogen-bond acceptors (Lipinski definition) is 7. The summed E-state index contributed by atoms with van der Waals surface area (Å²) in [5.41, 5.74) is 1.51. The van der Waals surface area contributed by atoms with Gasteiger partial charge in [0.15, 0.2) is 4.21 Å². The number of unbranched alkanes of at least 4 members (excludes halogenated alkanes) is 1. The summed E-state index contributed by atoms with van der Waals surface area (Å²) in [6, 6.07) is 7.05. The van der Waals surface area contributed by atoms with E-state index in [9.17, 15) is 18.0 Å². The molecule has 0 unspecified atom stereocenters. The number of sulfonamides is 1. The van der Waals surface area contributed by atoms with Crippen LogP contribution in [0.5, 0.6) is 0 Å². The van der Waals surface area contributed by atoms with Gasteiger partial charge in [0, 0.05) is 5.69 Å². The van der Waals surface area contributed by atoms with E-state index in [0.717, 1.165) is 31.9 Å². The zero-order valence-electron chi connectivity index (χ0n) is 16.2. The third kappa shape index (κ3) is 4.71. The van der Waals surface area contributed by atoms with Gasteiger partial charge in [-0.15, -0.1) is 11.3 Å². The van der Waals surface area contributed by atoms with Crippen molar-refractivity contribution in [2.75, 3.05) is 18.9 Å². The third-order valence-electron chi connectivity index (χ3n) is 4.14. The fraction of sp³-hybridized carbons (Fsp3) is 0.368. The number of ether oxygens (including phenoxy) is 2. The summed E-state index contributed by atoms with van der Waals surface area (Å²) in [7, 11) is -1.78. The molecule has 0 bridgehead atoms. The number of thiophene rings is 1. The van der Waals surface area contributed by atoms with Gasteiger partial charge in [0.25, 0.3) is 10.0 Å². The molecule has 0 atom stereocenters. The molecule has 1 aromatic heterocycles. The van der Waals surface area contributed by atoms with Crippen molar-refractivity contribution < 1.29 is 27.5 Å². The van der Waals surface area contributed by atoms with Crippen molar-refractivity contribution in [3.63, 3.8) is 0 Å². The van der Waals surface area contributed by atoms with Gasteiger partial charge in [-0.3, -0.25) is 4.72 Å². The fourth-order valence-electron chi connectivity index (χ4n) is 2.62. The van der Waals surface area contributed by atoms with Crippen LogP contribution in [0.25, 0.3) is 0 Å². The predicted octanol–water partition coefficient (Wildman–Crippen LogP) is 3.77. The van der Waals surface area contributed by atoms with Crippen molar-refractivity contribution in [1.82, 2.24) is 0 Å². The van der Waals surface area contributed by atoms with Gasteiger partial charge in [0.2, 0.25) is 0 Å². The van der Waals surface area contributed by atoms with Crippen LogP contribution in [0.15, 0.2) is 28.5 Å². The summed E-state index contributed by atoms with van der Waals surface area (Å²) in [5, 5.41) is 0. The summed E-state index contributed by atoms with van der Waals surface area (Å²) in [6.07, 6.45) is 3.05. The maximum Gasteiger partial charge on any atom is 0.348 e. The van der Waals surface area contributed by atoms with Crippen LogP contribution < -0.4 is 4.72 Å². The largest absolute Gasteiger partial charge is 0.465 e. The molecule has 9 heteroatoms. The Bertz CT molecular complexity index is 961. The smallest absolute Gasteiger partial charge is 0.348 e. The summed E-state index contributed by atoms with van der Waals surface area (Å²) < 4.78 is 37.4. The highest BCUT2D eigenvalue weighted by atomic mass is 32.2. The Morgan fingerprint density at radius 2 is 1.68 bits per heavy atom. The molecule has 0 aliphatic heterocycles. The van der Waals surface area contributed by atoms with E-state index in [1.165, 1.54) is 14.0 Å². The lowest BCUT2D eigenvalue weighted by molar-refractivity contribution is 0.0596. The van der Waals surface area contributed by atoms with Crippen molar-refractivity contribution in [2.24, 2.45) is 0 Å². The van der Waals surface area contributed by atoms with Crippen LogP contribution in [0.3, 0.4) is 0 Å². The standard InChI is InChI=1S/C19H23NO6S2/c1-5-6-7-13-8-10-14(11-9-13)20-28(23,24)19-15(17(21)25-3)12(2)16(27-19)18(22)26-4/h8-11,20H,5-7H2,1-4H3. The number of benzene rings is 1. The first-order chi connectivity index (χ1) is 13.2. The van der Waals surface area contributed by atoms with Crippen LogP contribution >= 0.6 is 11.3 Å². The lowest BCUT2D eigenvalue weighted by Crippen LogP contribution is -2.16. The van der Waals surface area contributed by atoms with Crippen molar-refractivity contribution in [3.05, 3.63) is 45.8 Å². The molecule has 0 fully saturated rings. The molecular formula is C19H23NO6S2. The maximum atomic E-state index is 12.9. The minimum atomic E-state index is -4.11. The number of rotatable bonds is 8. The number of nitrogens with one attached hydrogen (secondary N) is 1. The van der Waals surface area contributed by atoms with Gasteiger partial charge in [-0.2, -0.15) is 0 Å². The topological polar surface area (TPSA) is 98.8 Å². The molecule has 0 radical (unpaired) electrons. The molecule has 28 heavy (non-hydrogen) atoms. The predicted molar refractivity (Wildman–Crippen MR) is 108 cm³/mol. The lowest BCUT2D eigenvalue weighted by atomic mass is 10.1. The molecule has 0 saturated heterocycles. The Balaban J connectivity index is 2.41. The van der Waals surface area contributed by atoms with Gasteiger partial charge in [0.1, 0.15) is 4.88 Å². The molecule has 0 aliphatic rings. The average molecular weight is 426 g/mol. The second-order valence-corrected chi connectivity index (χ2v) is 9.01. The van der Waals surface area contributed by atoms with E-state index in [0.29, 0.717) is 17.0 Å². The van der Waals surface area contributed by atoms with Gasteiger partial charge >= 0.3 is 11.9 Å². The Morgan fingerprint density at radius 1 is 1.07 bits per heavy atom. The highest BCUT2D eigenvalue weighted by molar-refractivity contribution is 7.94. The van der Waals surface area contributed by atoms with E-state index in [2.05, 4.69) is 16.4 Å². The van der Waals surface area contributed by atoms with E-state index in [4.69, 9.17) is 4.74 Å². The molecule has 1 heterocycles. The maximum absolute atomic E-state index is 12.9. The molecule has 152 valence electrons. The van der Waals surface area contributed by atoms with Crippen molar-refractivity contribution in [2.45, 2.75) is 37.3 Å². The highest BCUT2D eigenvalue weighted by Crippen LogP contribution is 2.34. The first kappa shape index (κ1) is 21.9. The van der Waals surface area contributed by atoms with Crippen LogP contribution in [0.4, 0.5) is 5.69 Å². The molecular weight excluding hydrogens is 402 g/mol. The third-order valence-corrected chi connectivity index (χ3v) is 7.32. The van der Waals surface area contributed by atoms with E-state index in [1.54, 1.807) is 12.1 Å². The molecule has 1 N–H and O–H groups in total. The second-order valence-electron chi connectivity index (χ2n) is 6.11. The number of aryl methyl sites for hydroxylation is 1. The quantitative estimate of drug-likeness (QED) is 0.647. The average Bonchev–Trinajstić information content (AvgIpc) is 3.04. The zero-order chi connectivity index (χ0) is 20.9. The first-order valence-electron chi connectivity index (χ1n) is 8.66. The second kappa shape index (κ2) is 9.20. The molecule has 0 spiro atoms. The van der Waals surface area contributed by atoms with Gasteiger partial charge in [-0.05, 0) is 43.0 Å². The first-order valence-corrected chi connectivity index (χ1v) is 11.0. The number of esters is 2. The van der Waals surface area contributed by atoms with Crippen LogP contribution in [0.1, 0.15) is 50.9 Å². The highest BCUT2D eigenvalue weighted by Gasteiger charge is 2.32. The molecule has 0 aliphatic carbocycles. The molecule has 0 amide bonds. The van der Waals surface area contributed by atoms with Crippen LogP contribution in [0, 0.1) is 6.92 Å². The molecule has 7 nitrogen and oxygen atoms in total. The summed E-state index contributed by atoms with van der Waals surface area (Å²) in [4.78, 5) is 24.1. The number of carbonyl (C=O) groups excluding carboxylic acids is 2.